The van der Waals surface area contributed by atoms with Gasteiger partial charge >= 0.3 is 0 Å². The number of hydrogen-bond donors (Lipinski definition) is 1. The van der Waals surface area contributed by atoms with E-state index in [9.17, 15) is 13.2 Å². The van der Waals surface area contributed by atoms with Gasteiger partial charge in [-0.05, 0) is 44.4 Å². The normalized spacial score (nSPS) is 31.1. The van der Waals surface area contributed by atoms with E-state index in [0.29, 0.717) is 12.8 Å². The maximum atomic E-state index is 12.5. The maximum Gasteiger partial charge on any atom is 0.241 e. The highest BCUT2D eigenvalue weighted by atomic mass is 32.2. The van der Waals surface area contributed by atoms with Crippen molar-refractivity contribution in [1.29, 1.82) is 0 Å². The van der Waals surface area contributed by atoms with Crippen molar-refractivity contribution in [1.82, 2.24) is 5.32 Å². The summed E-state index contributed by atoms with van der Waals surface area (Å²) in [6.45, 7) is 2.23. The Morgan fingerprint density at radius 1 is 1.11 bits per heavy atom. The molecule has 0 aromatic carbocycles. The first-order valence-corrected chi connectivity index (χ1v) is 9.25. The Morgan fingerprint density at radius 3 is 2.11 bits per heavy atom. The zero-order valence-corrected chi connectivity index (χ0v) is 12.8. The van der Waals surface area contributed by atoms with Crippen LogP contribution in [0.25, 0.3) is 0 Å². The molecule has 0 bridgehead atoms. The molecule has 19 heavy (non-hydrogen) atoms. The zero-order chi connectivity index (χ0) is 14.1. The van der Waals surface area contributed by atoms with Gasteiger partial charge in [-0.15, -0.1) is 0 Å². The number of rotatable bonds is 3. The van der Waals surface area contributed by atoms with Gasteiger partial charge in [-0.2, -0.15) is 0 Å². The van der Waals surface area contributed by atoms with Crippen LogP contribution in [0.4, 0.5) is 0 Å². The summed E-state index contributed by atoms with van der Waals surface area (Å²) in [7, 11) is -3.34. The molecule has 0 saturated heterocycles. The van der Waals surface area contributed by atoms with Crippen molar-refractivity contribution in [2.45, 2.75) is 69.1 Å². The summed E-state index contributed by atoms with van der Waals surface area (Å²) in [6, 6.07) is 0.169. The third-order valence-electron chi connectivity index (χ3n) is 4.89. The summed E-state index contributed by atoms with van der Waals surface area (Å²) in [5.74, 6) is 0.482. The summed E-state index contributed by atoms with van der Waals surface area (Å²) in [6.07, 6.45) is 8.06. The van der Waals surface area contributed by atoms with Gasteiger partial charge in [-0.3, -0.25) is 4.79 Å². The number of hydrogen-bond acceptors (Lipinski definition) is 3. The molecule has 2 fully saturated rings. The van der Waals surface area contributed by atoms with Gasteiger partial charge in [0.2, 0.25) is 5.91 Å². The number of carbonyl (C=O) groups is 1. The lowest BCUT2D eigenvalue weighted by molar-refractivity contribution is -0.124. The maximum absolute atomic E-state index is 12.5. The van der Waals surface area contributed by atoms with Crippen molar-refractivity contribution in [2.24, 2.45) is 5.92 Å². The Kier molecular flexibility index (Phi) is 4.23. The molecule has 0 radical (unpaired) electrons. The lowest BCUT2D eigenvalue weighted by Crippen LogP contribution is -2.53. The van der Waals surface area contributed by atoms with Gasteiger partial charge < -0.3 is 5.32 Å². The van der Waals surface area contributed by atoms with Crippen molar-refractivity contribution in [2.75, 3.05) is 6.26 Å². The van der Waals surface area contributed by atoms with Crippen LogP contribution in [0.2, 0.25) is 0 Å². The van der Waals surface area contributed by atoms with Crippen LogP contribution in [0.15, 0.2) is 0 Å². The molecular formula is C14H25NO3S. The monoisotopic (exact) mass is 287 g/mol. The smallest absolute Gasteiger partial charge is 0.241 e. The predicted octanol–water partition coefficient (Wildman–Crippen LogP) is 2.04. The quantitative estimate of drug-likeness (QED) is 0.864. The van der Waals surface area contributed by atoms with Crippen LogP contribution < -0.4 is 5.32 Å². The van der Waals surface area contributed by atoms with E-state index < -0.39 is 14.6 Å². The minimum absolute atomic E-state index is 0.169. The van der Waals surface area contributed by atoms with Gasteiger partial charge in [0.25, 0.3) is 0 Å². The predicted molar refractivity (Wildman–Crippen MR) is 75.6 cm³/mol. The molecule has 0 atom stereocenters. The summed E-state index contributed by atoms with van der Waals surface area (Å²) in [4.78, 5) is 12.5. The van der Waals surface area contributed by atoms with Gasteiger partial charge in [-0.25, -0.2) is 8.42 Å². The number of amides is 1. The fourth-order valence-corrected chi connectivity index (χ4v) is 4.86. The average molecular weight is 287 g/mol. The lowest BCUT2D eigenvalue weighted by atomic mass is 9.87. The van der Waals surface area contributed by atoms with Crippen LogP contribution in [0.5, 0.6) is 0 Å². The number of carbonyl (C=O) groups excluding carboxylic acids is 1. The summed E-state index contributed by atoms with van der Waals surface area (Å²) >= 11 is 0. The Bertz CT molecular complexity index is 430. The molecule has 2 aliphatic rings. The van der Waals surface area contributed by atoms with Gasteiger partial charge in [0.1, 0.15) is 4.75 Å². The first kappa shape index (κ1) is 14.8. The first-order valence-electron chi connectivity index (χ1n) is 7.36. The van der Waals surface area contributed by atoms with Crippen LogP contribution in [-0.4, -0.2) is 31.4 Å². The fourth-order valence-electron chi connectivity index (χ4n) is 3.43. The molecule has 4 nitrogen and oxygen atoms in total. The molecule has 2 aliphatic carbocycles. The van der Waals surface area contributed by atoms with Crippen molar-refractivity contribution >= 4 is 15.7 Å². The molecule has 2 saturated carbocycles. The highest BCUT2D eigenvalue weighted by molar-refractivity contribution is 7.92. The standard InChI is InChI=1S/C14H25NO3S/c1-11-5-7-12(8-6-11)15-13(16)14(19(2,17)18)9-3-4-10-14/h11-12H,3-10H2,1-2H3,(H,15,16). The fraction of sp³-hybridized carbons (Fsp3) is 0.929. The summed E-state index contributed by atoms with van der Waals surface area (Å²) < 4.78 is 22.9. The van der Waals surface area contributed by atoms with Crippen LogP contribution in [0.1, 0.15) is 58.3 Å². The number of nitrogens with one attached hydrogen (secondary N) is 1. The topological polar surface area (TPSA) is 63.2 Å². The lowest BCUT2D eigenvalue weighted by Gasteiger charge is -2.31. The van der Waals surface area contributed by atoms with E-state index in [1.54, 1.807) is 0 Å². The van der Waals surface area contributed by atoms with Gasteiger partial charge in [0, 0.05) is 12.3 Å². The minimum Gasteiger partial charge on any atom is -0.352 e. The van der Waals surface area contributed by atoms with E-state index in [1.807, 2.05) is 0 Å². The Balaban J connectivity index is 2.05. The molecule has 2 rings (SSSR count). The van der Waals surface area contributed by atoms with E-state index in [2.05, 4.69) is 12.2 Å². The summed E-state index contributed by atoms with van der Waals surface area (Å²) in [5.41, 5.74) is 0. The van der Waals surface area contributed by atoms with Crippen LogP contribution in [0.3, 0.4) is 0 Å². The van der Waals surface area contributed by atoms with Crippen molar-refractivity contribution in [3.8, 4) is 0 Å². The molecule has 5 heteroatoms. The van der Waals surface area contributed by atoms with Crippen molar-refractivity contribution in [3.63, 3.8) is 0 Å². The van der Waals surface area contributed by atoms with E-state index in [0.717, 1.165) is 44.4 Å². The average Bonchev–Trinajstić information content (AvgIpc) is 2.82. The molecule has 0 unspecified atom stereocenters. The van der Waals surface area contributed by atoms with Crippen LogP contribution in [-0.2, 0) is 14.6 Å². The molecule has 0 aromatic rings. The van der Waals surface area contributed by atoms with E-state index in [1.165, 1.54) is 6.26 Å². The number of sulfone groups is 1. The van der Waals surface area contributed by atoms with Gasteiger partial charge in [0.05, 0.1) is 0 Å². The molecular weight excluding hydrogens is 262 g/mol. The Morgan fingerprint density at radius 2 is 1.63 bits per heavy atom. The van der Waals surface area contributed by atoms with Crippen molar-refractivity contribution in [3.05, 3.63) is 0 Å². The van der Waals surface area contributed by atoms with E-state index >= 15 is 0 Å². The third kappa shape index (κ3) is 2.96. The molecule has 1 amide bonds. The second-order valence-corrected chi connectivity index (χ2v) is 8.73. The van der Waals surface area contributed by atoms with Crippen LogP contribution >= 0.6 is 0 Å². The molecule has 0 aliphatic heterocycles. The second kappa shape index (κ2) is 5.43. The van der Waals surface area contributed by atoms with Gasteiger partial charge in [-0.1, -0.05) is 19.8 Å². The van der Waals surface area contributed by atoms with Crippen molar-refractivity contribution < 1.29 is 13.2 Å². The molecule has 0 heterocycles. The molecule has 1 N–H and O–H groups in total. The third-order valence-corrected chi connectivity index (χ3v) is 6.90. The molecule has 110 valence electrons. The molecule has 0 spiro atoms. The van der Waals surface area contributed by atoms with E-state index in [4.69, 9.17) is 0 Å². The second-order valence-electron chi connectivity index (χ2n) is 6.40. The molecule has 0 aromatic heterocycles. The highest BCUT2D eigenvalue weighted by Crippen LogP contribution is 2.37. The minimum atomic E-state index is -3.34. The Hall–Kier alpha value is -0.580. The van der Waals surface area contributed by atoms with Crippen LogP contribution in [0, 0.1) is 5.92 Å². The summed E-state index contributed by atoms with van der Waals surface area (Å²) in [5, 5.41) is 3.01. The Labute approximate surface area is 116 Å². The SMILES string of the molecule is CC1CCC(NC(=O)C2(S(C)(=O)=O)CCCC2)CC1. The zero-order valence-electron chi connectivity index (χ0n) is 11.9. The van der Waals surface area contributed by atoms with Gasteiger partial charge in [0.15, 0.2) is 9.84 Å². The first-order chi connectivity index (χ1) is 8.85. The highest BCUT2D eigenvalue weighted by Gasteiger charge is 2.50. The largest absolute Gasteiger partial charge is 0.352 e. The van der Waals surface area contributed by atoms with E-state index in [-0.39, 0.29) is 11.9 Å².